The molecule has 4 aromatic rings. The van der Waals surface area contributed by atoms with Crippen molar-refractivity contribution in [1.29, 1.82) is 0 Å². The molecule has 0 saturated carbocycles. The molecule has 0 spiro atoms. The lowest BCUT2D eigenvalue weighted by Gasteiger charge is -2.19. The highest BCUT2D eigenvalue weighted by Gasteiger charge is 2.22. The van der Waals surface area contributed by atoms with Crippen LogP contribution in [0.5, 0.6) is 11.5 Å². The maximum atomic E-state index is 13.1. The molecule has 190 valence electrons. The van der Waals surface area contributed by atoms with Crippen molar-refractivity contribution in [2.75, 3.05) is 11.9 Å². The van der Waals surface area contributed by atoms with Gasteiger partial charge in [-0.05, 0) is 66.2 Å². The minimum Gasteiger partial charge on any atom is -0.457 e. The van der Waals surface area contributed by atoms with Gasteiger partial charge >= 0.3 is 0 Å². The number of anilines is 1. The van der Waals surface area contributed by atoms with E-state index in [9.17, 15) is 14.0 Å². The van der Waals surface area contributed by atoms with E-state index < -0.39 is 11.9 Å². The first-order valence-corrected chi connectivity index (χ1v) is 11.8. The largest absolute Gasteiger partial charge is 0.457 e. The third-order valence-electron chi connectivity index (χ3n) is 5.20. The van der Waals surface area contributed by atoms with E-state index in [4.69, 9.17) is 21.1 Å². The van der Waals surface area contributed by atoms with Crippen molar-refractivity contribution in [2.24, 2.45) is 0 Å². The first-order chi connectivity index (χ1) is 17.9. The van der Waals surface area contributed by atoms with Gasteiger partial charge in [0.2, 0.25) is 11.8 Å². The zero-order valence-corrected chi connectivity index (χ0v) is 20.4. The molecule has 0 aliphatic rings. The Labute approximate surface area is 217 Å². The summed E-state index contributed by atoms with van der Waals surface area (Å²) in [7, 11) is 0. The number of carbonyl (C=O) groups is 2. The molecule has 1 atom stereocenters. The standard InChI is InChI=1S/C27H24ClFN4O4/c28-19-3-9-23(10-4-19)37-24-11-7-21(8-12-24)32-27(35)25(33-26(34)13-22-14-30-17-31-22)16-36-15-18-1-5-20(29)6-2-18/h1-12,14,17,25H,13,15-16H2,(H,30,31)(H,32,35)(H,33,34). The number of H-pyrrole nitrogens is 1. The summed E-state index contributed by atoms with van der Waals surface area (Å²) in [6.07, 6.45) is 3.03. The number of amides is 2. The van der Waals surface area contributed by atoms with Crippen LogP contribution in [0.1, 0.15) is 11.3 Å². The molecule has 0 aliphatic heterocycles. The van der Waals surface area contributed by atoms with Gasteiger partial charge in [0, 0.05) is 22.6 Å². The summed E-state index contributed by atoms with van der Waals surface area (Å²) < 4.78 is 24.6. The summed E-state index contributed by atoms with van der Waals surface area (Å²) in [5, 5.41) is 6.09. The van der Waals surface area contributed by atoms with E-state index in [0.29, 0.717) is 27.9 Å². The molecular weight excluding hydrogens is 499 g/mol. The predicted molar refractivity (Wildman–Crippen MR) is 137 cm³/mol. The number of nitrogens with one attached hydrogen (secondary N) is 3. The van der Waals surface area contributed by atoms with Gasteiger partial charge in [0.15, 0.2) is 0 Å². The van der Waals surface area contributed by atoms with Crippen LogP contribution in [0.4, 0.5) is 10.1 Å². The van der Waals surface area contributed by atoms with Gasteiger partial charge in [-0.25, -0.2) is 9.37 Å². The molecular formula is C27H24ClFN4O4. The number of benzene rings is 3. The van der Waals surface area contributed by atoms with Crippen molar-refractivity contribution < 1.29 is 23.5 Å². The van der Waals surface area contributed by atoms with Crippen LogP contribution in [0.25, 0.3) is 0 Å². The molecule has 1 heterocycles. The fraction of sp³-hybridized carbons (Fsp3) is 0.148. The molecule has 37 heavy (non-hydrogen) atoms. The smallest absolute Gasteiger partial charge is 0.249 e. The highest BCUT2D eigenvalue weighted by atomic mass is 35.5. The highest BCUT2D eigenvalue weighted by molar-refractivity contribution is 6.30. The van der Waals surface area contributed by atoms with E-state index in [1.165, 1.54) is 24.7 Å². The number of nitrogens with zero attached hydrogens (tertiary/aromatic N) is 1. The minimum atomic E-state index is -0.971. The number of rotatable bonds is 11. The molecule has 3 N–H and O–H groups in total. The summed E-state index contributed by atoms with van der Waals surface area (Å²) in [5.41, 5.74) is 1.86. The van der Waals surface area contributed by atoms with E-state index in [2.05, 4.69) is 20.6 Å². The lowest BCUT2D eigenvalue weighted by molar-refractivity contribution is -0.127. The molecule has 8 nitrogen and oxygen atoms in total. The SMILES string of the molecule is O=C(Cc1cnc[nH]1)NC(COCc1ccc(F)cc1)C(=O)Nc1ccc(Oc2ccc(Cl)cc2)cc1. The fourth-order valence-electron chi connectivity index (χ4n) is 3.33. The Bertz CT molecular complexity index is 1300. The lowest BCUT2D eigenvalue weighted by atomic mass is 10.2. The summed E-state index contributed by atoms with van der Waals surface area (Å²) in [4.78, 5) is 32.3. The number of aromatic amines is 1. The van der Waals surface area contributed by atoms with Crippen LogP contribution in [-0.2, 0) is 27.4 Å². The van der Waals surface area contributed by atoms with Gasteiger partial charge in [-0.15, -0.1) is 0 Å². The van der Waals surface area contributed by atoms with Crippen LogP contribution in [0.3, 0.4) is 0 Å². The molecule has 0 fully saturated rings. The van der Waals surface area contributed by atoms with Gasteiger partial charge < -0.3 is 25.1 Å². The van der Waals surface area contributed by atoms with Gasteiger partial charge in [0.25, 0.3) is 0 Å². The van der Waals surface area contributed by atoms with Crippen molar-refractivity contribution >= 4 is 29.1 Å². The summed E-state index contributed by atoms with van der Waals surface area (Å²) >= 11 is 5.90. The lowest BCUT2D eigenvalue weighted by Crippen LogP contribution is -2.47. The maximum Gasteiger partial charge on any atom is 0.249 e. The Balaban J connectivity index is 1.37. The second-order valence-corrected chi connectivity index (χ2v) is 8.52. The van der Waals surface area contributed by atoms with Crippen LogP contribution >= 0.6 is 11.6 Å². The molecule has 10 heteroatoms. The zero-order chi connectivity index (χ0) is 26.0. The topological polar surface area (TPSA) is 105 Å². The predicted octanol–water partition coefficient (Wildman–Crippen LogP) is 4.88. The van der Waals surface area contributed by atoms with E-state index in [1.54, 1.807) is 60.7 Å². The zero-order valence-electron chi connectivity index (χ0n) is 19.6. The van der Waals surface area contributed by atoms with Crippen LogP contribution in [0.2, 0.25) is 5.02 Å². The Morgan fingerprint density at radius 3 is 2.30 bits per heavy atom. The number of hydrogen-bond acceptors (Lipinski definition) is 5. The molecule has 0 saturated heterocycles. The molecule has 2 amide bonds. The second-order valence-electron chi connectivity index (χ2n) is 8.08. The number of imidazole rings is 1. The average molecular weight is 523 g/mol. The third-order valence-corrected chi connectivity index (χ3v) is 5.45. The third kappa shape index (κ3) is 8.16. The van der Waals surface area contributed by atoms with Gasteiger partial charge in [0.1, 0.15) is 23.4 Å². The van der Waals surface area contributed by atoms with E-state index in [0.717, 1.165) is 5.56 Å². The number of ether oxygens (including phenoxy) is 2. The van der Waals surface area contributed by atoms with E-state index in [-0.39, 0.29) is 31.4 Å². The monoisotopic (exact) mass is 522 g/mol. The first-order valence-electron chi connectivity index (χ1n) is 11.4. The molecule has 1 aromatic heterocycles. The van der Waals surface area contributed by atoms with Gasteiger partial charge in [-0.1, -0.05) is 23.7 Å². The molecule has 0 bridgehead atoms. The summed E-state index contributed by atoms with van der Waals surface area (Å²) in [6.45, 7) is 0.0624. The molecule has 3 aromatic carbocycles. The van der Waals surface area contributed by atoms with Crippen molar-refractivity contribution in [3.8, 4) is 11.5 Å². The number of hydrogen-bond donors (Lipinski definition) is 3. The molecule has 0 radical (unpaired) electrons. The van der Waals surface area contributed by atoms with E-state index >= 15 is 0 Å². The van der Waals surface area contributed by atoms with Crippen LogP contribution in [0, 0.1) is 5.82 Å². The van der Waals surface area contributed by atoms with E-state index in [1.807, 2.05) is 0 Å². The maximum absolute atomic E-state index is 13.1. The van der Waals surface area contributed by atoms with Gasteiger partial charge in [-0.2, -0.15) is 0 Å². The quantitative estimate of drug-likeness (QED) is 0.260. The average Bonchev–Trinajstić information content (AvgIpc) is 3.40. The van der Waals surface area contributed by atoms with Gasteiger partial charge in [0.05, 0.1) is 26.0 Å². The van der Waals surface area contributed by atoms with Crippen LogP contribution < -0.4 is 15.4 Å². The van der Waals surface area contributed by atoms with Crippen molar-refractivity contribution in [2.45, 2.75) is 19.1 Å². The fourth-order valence-corrected chi connectivity index (χ4v) is 3.46. The Morgan fingerprint density at radius 1 is 0.973 bits per heavy atom. The van der Waals surface area contributed by atoms with Gasteiger partial charge in [-0.3, -0.25) is 9.59 Å². The summed E-state index contributed by atoms with van der Waals surface area (Å²) in [5.74, 6) is 0.0217. The molecule has 1 unspecified atom stereocenters. The van der Waals surface area contributed by atoms with Crippen molar-refractivity contribution in [1.82, 2.24) is 15.3 Å². The molecule has 4 rings (SSSR count). The Morgan fingerprint density at radius 2 is 1.65 bits per heavy atom. The summed E-state index contributed by atoms with van der Waals surface area (Å²) in [6, 6.07) is 18.6. The second kappa shape index (κ2) is 12.7. The number of carbonyl (C=O) groups excluding carboxylic acids is 2. The molecule has 0 aliphatic carbocycles. The number of aromatic nitrogens is 2. The Kier molecular flexibility index (Phi) is 8.85. The van der Waals surface area contributed by atoms with Crippen LogP contribution in [0.15, 0.2) is 85.3 Å². The minimum absolute atomic E-state index is 0.0263. The highest BCUT2D eigenvalue weighted by Crippen LogP contribution is 2.24. The van der Waals surface area contributed by atoms with Crippen LogP contribution in [-0.4, -0.2) is 34.4 Å². The Hall–Kier alpha value is -4.21. The van der Waals surface area contributed by atoms with Crippen molar-refractivity contribution in [3.63, 3.8) is 0 Å². The number of halogens is 2. The first kappa shape index (κ1) is 25.9. The normalized spacial score (nSPS) is 11.5. The van der Waals surface area contributed by atoms with Crippen molar-refractivity contribution in [3.05, 3.63) is 107 Å².